The number of ether oxygens (including phenoxy) is 1. The summed E-state index contributed by atoms with van der Waals surface area (Å²) in [5.41, 5.74) is 0.199. The summed E-state index contributed by atoms with van der Waals surface area (Å²) in [5.74, 6) is -0.609. The van der Waals surface area contributed by atoms with Crippen LogP contribution in [0.1, 0.15) is 64.2 Å². The lowest BCUT2D eigenvalue weighted by Crippen LogP contribution is -2.60. The van der Waals surface area contributed by atoms with E-state index in [9.17, 15) is 8.42 Å². The molecule has 37 heavy (non-hydrogen) atoms. The van der Waals surface area contributed by atoms with Gasteiger partial charge in [-0.05, 0) is 63.0 Å². The normalized spacial score (nSPS) is 41.0. The zero-order valence-corrected chi connectivity index (χ0v) is 22.4. The van der Waals surface area contributed by atoms with Crippen molar-refractivity contribution in [1.29, 1.82) is 0 Å². The molecule has 6 aliphatic rings. The van der Waals surface area contributed by atoms with Crippen LogP contribution in [0, 0.1) is 23.2 Å². The molecule has 6 unspecified atom stereocenters. The van der Waals surface area contributed by atoms with Crippen LogP contribution in [0.3, 0.4) is 0 Å². The van der Waals surface area contributed by atoms with Gasteiger partial charge in [0.15, 0.2) is 0 Å². The van der Waals surface area contributed by atoms with Gasteiger partial charge in [-0.1, -0.05) is 30.7 Å². The minimum atomic E-state index is -4.00. The molecular weight excluding hydrogens is 490 g/mol. The minimum Gasteiger partial charge on any atom is -0.377 e. The molecule has 5 saturated carbocycles. The zero-order chi connectivity index (χ0) is 25.3. The molecule has 1 heterocycles. The first-order valence-electron chi connectivity index (χ1n) is 13.9. The quantitative estimate of drug-likeness (QED) is 0.384. The Morgan fingerprint density at radius 3 is 2.41 bits per heavy atom. The molecule has 3 spiro atoms. The second-order valence-corrected chi connectivity index (χ2v) is 14.3. The van der Waals surface area contributed by atoms with E-state index in [-0.39, 0.29) is 22.1 Å². The molecule has 0 N–H and O–H groups in total. The van der Waals surface area contributed by atoms with Crippen molar-refractivity contribution in [3.8, 4) is 0 Å². The van der Waals surface area contributed by atoms with Crippen LogP contribution in [0.4, 0.5) is 5.69 Å². The van der Waals surface area contributed by atoms with Crippen molar-refractivity contribution in [2.24, 2.45) is 23.2 Å². The first kappa shape index (κ1) is 23.2. The third kappa shape index (κ3) is 2.84. The Bertz CT molecular complexity index is 1400. The highest BCUT2D eigenvalue weighted by Crippen LogP contribution is 2.81. The molecule has 8 heteroatoms. The maximum Gasteiger partial charge on any atom is 0.298 e. The van der Waals surface area contributed by atoms with Crippen LogP contribution in [-0.2, 0) is 28.8 Å². The average molecular weight is 526 g/mol. The number of hydrogen-bond acceptors (Lipinski definition) is 7. The highest BCUT2D eigenvalue weighted by atomic mass is 32.2. The van der Waals surface area contributed by atoms with Gasteiger partial charge in [-0.2, -0.15) is 18.2 Å². The van der Waals surface area contributed by atoms with Crippen molar-refractivity contribution in [2.45, 2.75) is 86.3 Å². The molecule has 7 nitrogen and oxygen atoms in total. The largest absolute Gasteiger partial charge is 0.377 e. The Balaban J connectivity index is 1.15. The Kier molecular flexibility index (Phi) is 4.56. The van der Waals surface area contributed by atoms with Crippen LogP contribution in [0.25, 0.3) is 10.8 Å². The smallest absolute Gasteiger partial charge is 0.298 e. The summed E-state index contributed by atoms with van der Waals surface area (Å²) in [5, 5.41) is 1.61. The van der Waals surface area contributed by atoms with Crippen molar-refractivity contribution >= 4 is 26.6 Å². The predicted molar refractivity (Wildman–Crippen MR) is 137 cm³/mol. The summed E-state index contributed by atoms with van der Waals surface area (Å²) in [4.78, 5) is 14.5. The van der Waals surface area contributed by atoms with Crippen molar-refractivity contribution < 1.29 is 27.1 Å². The van der Waals surface area contributed by atoms with Crippen molar-refractivity contribution in [1.82, 2.24) is 0 Å². The lowest BCUT2D eigenvalue weighted by atomic mass is 9.53. The molecule has 0 radical (unpaired) electrons. The molecule has 8 rings (SSSR count). The van der Waals surface area contributed by atoms with E-state index in [2.05, 4.69) is 0 Å². The Morgan fingerprint density at radius 2 is 1.59 bits per heavy atom. The van der Waals surface area contributed by atoms with Gasteiger partial charge in [0.2, 0.25) is 11.6 Å². The van der Waals surface area contributed by atoms with Crippen LogP contribution in [0.15, 0.2) is 41.3 Å². The fourth-order valence-corrected chi connectivity index (χ4v) is 10.9. The number of nitrogens with zero attached hydrogens (tertiary/aromatic N) is 1. The molecule has 1 aliphatic heterocycles. The van der Waals surface area contributed by atoms with Crippen LogP contribution in [0.2, 0.25) is 0 Å². The van der Waals surface area contributed by atoms with Gasteiger partial charge >= 0.3 is 0 Å². The minimum absolute atomic E-state index is 0.0862. The average Bonchev–Trinajstić information content (AvgIpc) is 3.44. The van der Waals surface area contributed by atoms with E-state index in [4.69, 9.17) is 18.7 Å². The molecule has 3 bridgehead atoms. The molecule has 2 aromatic rings. The second kappa shape index (κ2) is 7.27. The SMILES string of the molecule is CN(C)c1cccc2c(S(=O)(=O)OC34CC5CC36CC(CC6C4)C53OOC4(CCCCC4)O3)cccc12. The summed E-state index contributed by atoms with van der Waals surface area (Å²) in [6.07, 6.45) is 9.36. The van der Waals surface area contributed by atoms with Gasteiger partial charge in [0, 0.05) is 60.6 Å². The maximum atomic E-state index is 14.0. The predicted octanol–water partition coefficient (Wildman–Crippen LogP) is 5.52. The van der Waals surface area contributed by atoms with Crippen LogP contribution in [0.5, 0.6) is 0 Å². The van der Waals surface area contributed by atoms with Crippen molar-refractivity contribution in [2.75, 3.05) is 19.0 Å². The van der Waals surface area contributed by atoms with Crippen molar-refractivity contribution in [3.05, 3.63) is 36.4 Å². The van der Waals surface area contributed by atoms with Crippen LogP contribution >= 0.6 is 0 Å². The van der Waals surface area contributed by atoms with Gasteiger partial charge in [-0.3, -0.25) is 4.18 Å². The van der Waals surface area contributed by atoms with Gasteiger partial charge in [-0.25, -0.2) is 0 Å². The van der Waals surface area contributed by atoms with Gasteiger partial charge < -0.3 is 9.64 Å². The lowest BCUT2D eigenvalue weighted by Gasteiger charge is -2.57. The summed E-state index contributed by atoms with van der Waals surface area (Å²) >= 11 is 0. The molecule has 6 atom stereocenters. The number of anilines is 1. The molecule has 198 valence electrons. The zero-order valence-electron chi connectivity index (χ0n) is 21.6. The van der Waals surface area contributed by atoms with Crippen molar-refractivity contribution in [3.63, 3.8) is 0 Å². The molecular formula is C29H35NO6S. The highest BCUT2D eigenvalue weighted by Gasteiger charge is 2.83. The first-order chi connectivity index (χ1) is 17.7. The van der Waals surface area contributed by atoms with E-state index >= 15 is 0 Å². The standard InChI is InChI=1S/C29H35NO6S/c1-30(2)24-10-6-9-23-22(24)8-7-11-25(23)37(31,32)36-27-17-19-14-20-15-26(19,27)16-21(18-27)29(20)33-28(34-35-29)12-4-3-5-13-28/h6-11,19-21H,3-5,12-18H2,1-2H3. The van der Waals surface area contributed by atoms with Crippen LogP contribution < -0.4 is 4.90 Å². The Morgan fingerprint density at radius 1 is 0.865 bits per heavy atom. The molecule has 0 aromatic heterocycles. The number of fused-ring (bicyclic) bond motifs is 5. The van der Waals surface area contributed by atoms with Gasteiger partial charge in [0.05, 0.1) is 5.60 Å². The molecule has 1 saturated heterocycles. The van der Waals surface area contributed by atoms with E-state index in [0.717, 1.165) is 62.4 Å². The van der Waals surface area contributed by atoms with E-state index in [1.54, 1.807) is 6.07 Å². The Labute approximate surface area is 218 Å². The molecule has 6 fully saturated rings. The summed E-state index contributed by atoms with van der Waals surface area (Å²) in [6, 6.07) is 11.3. The topological polar surface area (TPSA) is 74.3 Å². The van der Waals surface area contributed by atoms with Gasteiger partial charge in [-0.15, -0.1) is 0 Å². The van der Waals surface area contributed by atoms with Gasteiger partial charge in [0.1, 0.15) is 4.90 Å². The summed E-state index contributed by atoms with van der Waals surface area (Å²) in [6.45, 7) is 0. The third-order valence-corrected chi connectivity index (χ3v) is 12.4. The monoisotopic (exact) mass is 525 g/mol. The fourth-order valence-electron chi connectivity index (χ4n) is 9.45. The summed E-state index contributed by atoms with van der Waals surface area (Å²) in [7, 11) is -0.0536. The van der Waals surface area contributed by atoms with E-state index in [1.165, 1.54) is 6.42 Å². The molecule has 5 aliphatic carbocycles. The van der Waals surface area contributed by atoms with Crippen LogP contribution in [-0.4, -0.2) is 39.7 Å². The van der Waals surface area contributed by atoms with E-state index < -0.39 is 27.3 Å². The molecule has 0 amide bonds. The van der Waals surface area contributed by atoms with Gasteiger partial charge in [0.25, 0.3) is 10.1 Å². The van der Waals surface area contributed by atoms with E-state index in [0.29, 0.717) is 17.7 Å². The number of benzene rings is 2. The Hall–Kier alpha value is -1.71. The summed E-state index contributed by atoms with van der Waals surface area (Å²) < 4.78 is 41.3. The third-order valence-electron chi connectivity index (χ3n) is 10.9. The highest BCUT2D eigenvalue weighted by molar-refractivity contribution is 7.87. The maximum absolute atomic E-state index is 14.0. The number of hydrogen-bond donors (Lipinski definition) is 0. The van der Waals surface area contributed by atoms with E-state index in [1.807, 2.05) is 49.3 Å². The number of rotatable bonds is 4. The fraction of sp³-hybridized carbons (Fsp3) is 0.655. The lowest BCUT2D eigenvalue weighted by molar-refractivity contribution is -0.374. The first-order valence-corrected chi connectivity index (χ1v) is 15.3. The second-order valence-electron chi connectivity index (χ2n) is 12.8. The molecule has 2 aromatic carbocycles.